The van der Waals surface area contributed by atoms with Crippen molar-refractivity contribution in [1.29, 1.82) is 0 Å². The van der Waals surface area contributed by atoms with Crippen LogP contribution < -0.4 is 19.7 Å². The summed E-state index contributed by atoms with van der Waals surface area (Å²) in [5.74, 6) is 0.837. The van der Waals surface area contributed by atoms with Crippen molar-refractivity contribution in [1.82, 2.24) is 0 Å². The van der Waals surface area contributed by atoms with Crippen LogP contribution in [-0.2, 0) is 4.79 Å². The summed E-state index contributed by atoms with van der Waals surface area (Å²) in [6.45, 7) is 3.23. The van der Waals surface area contributed by atoms with Crippen LogP contribution in [-0.4, -0.2) is 32.1 Å². The lowest BCUT2D eigenvalue weighted by molar-refractivity contribution is -0.117. The van der Waals surface area contributed by atoms with E-state index in [-0.39, 0.29) is 11.8 Å². The van der Waals surface area contributed by atoms with Gasteiger partial charge in [0.1, 0.15) is 0 Å². The molecule has 0 aliphatic carbocycles. The number of ether oxygens (including phenoxy) is 2. The first-order chi connectivity index (χ1) is 13.5. The molecule has 2 aromatic carbocycles. The number of anilines is 2. The molecule has 7 heteroatoms. The first kappa shape index (κ1) is 20.2. The summed E-state index contributed by atoms with van der Waals surface area (Å²) in [6, 6.07) is 10.7. The van der Waals surface area contributed by atoms with Crippen molar-refractivity contribution in [3.05, 3.63) is 46.4 Å². The van der Waals surface area contributed by atoms with Gasteiger partial charge in [-0.05, 0) is 53.0 Å². The number of methoxy groups -OCH3 is 1. The SMILES string of the molecule is CCCOc1c(Br)cc(C(=O)Nc2ccccc2N2CCCC2=O)cc1OC. The van der Waals surface area contributed by atoms with Crippen LogP contribution in [0.2, 0.25) is 0 Å². The summed E-state index contributed by atoms with van der Waals surface area (Å²) in [6.07, 6.45) is 2.22. The Hall–Kier alpha value is -2.54. The number of para-hydroxylation sites is 2. The van der Waals surface area contributed by atoms with Gasteiger partial charge in [-0.1, -0.05) is 19.1 Å². The van der Waals surface area contributed by atoms with Gasteiger partial charge in [-0.3, -0.25) is 9.59 Å². The molecule has 1 aliphatic heterocycles. The molecule has 2 aromatic rings. The van der Waals surface area contributed by atoms with E-state index in [9.17, 15) is 9.59 Å². The maximum absolute atomic E-state index is 12.9. The van der Waals surface area contributed by atoms with Gasteiger partial charge in [0, 0.05) is 18.5 Å². The number of benzene rings is 2. The molecule has 1 aliphatic rings. The number of halogens is 1. The van der Waals surface area contributed by atoms with Crippen LogP contribution >= 0.6 is 15.9 Å². The normalized spacial score (nSPS) is 13.5. The van der Waals surface area contributed by atoms with Gasteiger partial charge in [0.15, 0.2) is 11.5 Å². The zero-order chi connectivity index (χ0) is 20.1. The molecule has 1 saturated heterocycles. The highest BCUT2D eigenvalue weighted by Crippen LogP contribution is 2.37. The Labute approximate surface area is 172 Å². The number of amides is 2. The minimum atomic E-state index is -0.292. The standard InChI is InChI=1S/C21H23BrN2O4/c1-3-11-28-20-15(22)12-14(13-18(20)27-2)21(26)23-16-7-4-5-8-17(16)24-10-6-9-19(24)25/h4-5,7-8,12-13H,3,6,9-11H2,1-2H3,(H,23,26). The van der Waals surface area contributed by atoms with Gasteiger partial charge in [0.2, 0.25) is 5.91 Å². The molecule has 2 amide bonds. The van der Waals surface area contributed by atoms with Crippen LogP contribution in [0.4, 0.5) is 11.4 Å². The fraction of sp³-hybridized carbons (Fsp3) is 0.333. The topological polar surface area (TPSA) is 67.9 Å². The van der Waals surface area contributed by atoms with Crippen molar-refractivity contribution in [2.45, 2.75) is 26.2 Å². The Morgan fingerprint density at radius 1 is 1.29 bits per heavy atom. The molecule has 148 valence electrons. The van der Waals surface area contributed by atoms with Gasteiger partial charge in [0.25, 0.3) is 5.91 Å². The van der Waals surface area contributed by atoms with Crippen molar-refractivity contribution >= 4 is 39.1 Å². The van der Waals surface area contributed by atoms with Gasteiger partial charge >= 0.3 is 0 Å². The number of nitrogens with zero attached hydrogens (tertiary/aromatic N) is 1. The van der Waals surface area contributed by atoms with Crippen LogP contribution in [0.3, 0.4) is 0 Å². The molecule has 0 aromatic heterocycles. The zero-order valence-electron chi connectivity index (χ0n) is 16.0. The quantitative estimate of drug-likeness (QED) is 0.673. The van der Waals surface area contributed by atoms with Gasteiger partial charge in [-0.15, -0.1) is 0 Å². The highest BCUT2D eigenvalue weighted by atomic mass is 79.9. The van der Waals surface area contributed by atoms with Gasteiger partial charge < -0.3 is 19.7 Å². The molecule has 0 saturated carbocycles. The Morgan fingerprint density at radius 3 is 2.75 bits per heavy atom. The monoisotopic (exact) mass is 446 g/mol. The van der Waals surface area contributed by atoms with Crippen molar-refractivity contribution < 1.29 is 19.1 Å². The molecule has 0 atom stereocenters. The predicted molar refractivity (Wildman–Crippen MR) is 112 cm³/mol. The van der Waals surface area contributed by atoms with E-state index < -0.39 is 0 Å². The zero-order valence-corrected chi connectivity index (χ0v) is 17.5. The number of carbonyl (C=O) groups excluding carboxylic acids is 2. The van der Waals surface area contributed by atoms with E-state index in [1.807, 2.05) is 25.1 Å². The van der Waals surface area contributed by atoms with E-state index in [0.717, 1.165) is 12.8 Å². The second kappa shape index (κ2) is 9.10. The number of rotatable bonds is 7. The maximum atomic E-state index is 12.9. The van der Waals surface area contributed by atoms with Crippen molar-refractivity contribution in [3.63, 3.8) is 0 Å². The molecule has 3 rings (SSSR count). The number of carbonyl (C=O) groups is 2. The Morgan fingerprint density at radius 2 is 2.07 bits per heavy atom. The third-order valence-corrected chi connectivity index (χ3v) is 5.05. The minimum absolute atomic E-state index is 0.0727. The average Bonchev–Trinajstić information content (AvgIpc) is 3.12. The predicted octanol–water partition coefficient (Wildman–Crippen LogP) is 4.63. The van der Waals surface area contributed by atoms with Crippen LogP contribution in [0, 0.1) is 0 Å². The summed E-state index contributed by atoms with van der Waals surface area (Å²) in [7, 11) is 1.54. The first-order valence-electron chi connectivity index (χ1n) is 9.26. The Bertz CT molecular complexity index is 885. The van der Waals surface area contributed by atoms with Gasteiger partial charge in [0.05, 0.1) is 29.6 Å². The van der Waals surface area contributed by atoms with Crippen molar-refractivity contribution in [3.8, 4) is 11.5 Å². The van der Waals surface area contributed by atoms with Gasteiger partial charge in [-0.25, -0.2) is 0 Å². The Kier molecular flexibility index (Phi) is 6.57. The number of hydrogen-bond acceptors (Lipinski definition) is 4. The van der Waals surface area contributed by atoms with E-state index in [0.29, 0.717) is 52.5 Å². The van der Waals surface area contributed by atoms with Crippen LogP contribution in [0.1, 0.15) is 36.5 Å². The summed E-state index contributed by atoms with van der Waals surface area (Å²) in [5, 5.41) is 2.92. The Balaban J connectivity index is 1.86. The molecule has 0 radical (unpaired) electrons. The number of nitrogens with one attached hydrogen (secondary N) is 1. The molecule has 6 nitrogen and oxygen atoms in total. The lowest BCUT2D eigenvalue weighted by Crippen LogP contribution is -2.25. The second-order valence-electron chi connectivity index (χ2n) is 6.46. The summed E-state index contributed by atoms with van der Waals surface area (Å²) >= 11 is 3.46. The fourth-order valence-electron chi connectivity index (χ4n) is 3.11. The highest BCUT2D eigenvalue weighted by Gasteiger charge is 2.24. The number of hydrogen-bond donors (Lipinski definition) is 1. The second-order valence-corrected chi connectivity index (χ2v) is 7.31. The molecule has 0 spiro atoms. The summed E-state index contributed by atoms with van der Waals surface area (Å²) < 4.78 is 11.8. The average molecular weight is 447 g/mol. The molecular weight excluding hydrogens is 424 g/mol. The van der Waals surface area contributed by atoms with Crippen molar-refractivity contribution in [2.24, 2.45) is 0 Å². The molecule has 0 unspecified atom stereocenters. The third-order valence-electron chi connectivity index (χ3n) is 4.46. The molecule has 1 fully saturated rings. The maximum Gasteiger partial charge on any atom is 0.255 e. The van der Waals surface area contributed by atoms with Gasteiger partial charge in [-0.2, -0.15) is 0 Å². The van der Waals surface area contributed by atoms with Crippen LogP contribution in [0.25, 0.3) is 0 Å². The van der Waals surface area contributed by atoms with E-state index in [4.69, 9.17) is 9.47 Å². The molecule has 0 bridgehead atoms. The largest absolute Gasteiger partial charge is 0.493 e. The third kappa shape index (κ3) is 4.30. The van der Waals surface area contributed by atoms with Crippen LogP contribution in [0.15, 0.2) is 40.9 Å². The van der Waals surface area contributed by atoms with Crippen molar-refractivity contribution in [2.75, 3.05) is 30.5 Å². The lowest BCUT2D eigenvalue weighted by atomic mass is 10.1. The van der Waals surface area contributed by atoms with Crippen LogP contribution in [0.5, 0.6) is 11.5 Å². The fourth-order valence-corrected chi connectivity index (χ4v) is 3.66. The van der Waals surface area contributed by atoms with E-state index in [1.165, 1.54) is 7.11 Å². The lowest BCUT2D eigenvalue weighted by Gasteiger charge is -2.20. The summed E-state index contributed by atoms with van der Waals surface area (Å²) in [5.41, 5.74) is 1.74. The first-order valence-corrected chi connectivity index (χ1v) is 10.1. The smallest absolute Gasteiger partial charge is 0.255 e. The molecule has 1 heterocycles. The summed E-state index contributed by atoms with van der Waals surface area (Å²) in [4.78, 5) is 26.7. The molecule has 1 N–H and O–H groups in total. The minimum Gasteiger partial charge on any atom is -0.493 e. The molecule has 28 heavy (non-hydrogen) atoms. The highest BCUT2D eigenvalue weighted by molar-refractivity contribution is 9.10. The molecular formula is C21H23BrN2O4. The van der Waals surface area contributed by atoms with E-state index in [1.54, 1.807) is 23.1 Å². The van der Waals surface area contributed by atoms with E-state index >= 15 is 0 Å². The van der Waals surface area contributed by atoms with E-state index in [2.05, 4.69) is 21.2 Å².